The summed E-state index contributed by atoms with van der Waals surface area (Å²) in [6.07, 6.45) is 2.03. The summed E-state index contributed by atoms with van der Waals surface area (Å²) in [5, 5.41) is 0. The van der Waals surface area contributed by atoms with Crippen LogP contribution in [0.1, 0.15) is 37.5 Å². The molecule has 1 aliphatic heterocycles. The van der Waals surface area contributed by atoms with Gasteiger partial charge >= 0.3 is 0 Å². The van der Waals surface area contributed by atoms with E-state index in [1.807, 2.05) is 36.4 Å². The van der Waals surface area contributed by atoms with Gasteiger partial charge in [0.2, 0.25) is 0 Å². The molecule has 0 aliphatic carbocycles. The van der Waals surface area contributed by atoms with Gasteiger partial charge in [-0.25, -0.2) is 0 Å². The predicted octanol–water partition coefficient (Wildman–Crippen LogP) is 5.12. The van der Waals surface area contributed by atoms with Crippen molar-refractivity contribution in [1.29, 1.82) is 0 Å². The third-order valence-electron chi connectivity index (χ3n) is 5.47. The molecule has 1 aliphatic rings. The van der Waals surface area contributed by atoms with Gasteiger partial charge in [0, 0.05) is 11.1 Å². The standard InChI is InChI=1S/C23H28O5/c1-14(2)23(3)17-13-22(27-7)21(26-6)12-16(17)11-19(28-23)15-8-9-18(24-4)20(10-15)25-5/h8-14H,1-7H3. The Kier molecular flexibility index (Phi) is 5.45. The highest BCUT2D eigenvalue weighted by molar-refractivity contribution is 5.83. The molecule has 5 nitrogen and oxygen atoms in total. The Bertz CT molecular complexity index is 900. The van der Waals surface area contributed by atoms with Crippen LogP contribution in [0.25, 0.3) is 11.8 Å². The van der Waals surface area contributed by atoms with Gasteiger partial charge in [0.25, 0.3) is 0 Å². The van der Waals surface area contributed by atoms with Gasteiger partial charge in [-0.2, -0.15) is 0 Å². The number of hydrogen-bond donors (Lipinski definition) is 0. The Morgan fingerprint density at radius 3 is 1.93 bits per heavy atom. The second kappa shape index (κ2) is 7.66. The van der Waals surface area contributed by atoms with Crippen molar-refractivity contribution in [2.45, 2.75) is 26.4 Å². The van der Waals surface area contributed by atoms with Gasteiger partial charge in [-0.3, -0.25) is 0 Å². The van der Waals surface area contributed by atoms with Crippen molar-refractivity contribution < 1.29 is 23.7 Å². The normalized spacial score (nSPS) is 18.1. The van der Waals surface area contributed by atoms with Crippen molar-refractivity contribution in [1.82, 2.24) is 0 Å². The average Bonchev–Trinajstić information content (AvgIpc) is 2.71. The average molecular weight is 384 g/mol. The molecule has 0 saturated carbocycles. The molecule has 0 bridgehead atoms. The summed E-state index contributed by atoms with van der Waals surface area (Å²) in [6, 6.07) is 9.79. The highest BCUT2D eigenvalue weighted by Gasteiger charge is 2.39. The topological polar surface area (TPSA) is 46.2 Å². The molecule has 0 spiro atoms. The zero-order chi connectivity index (χ0) is 20.5. The monoisotopic (exact) mass is 384 g/mol. The minimum atomic E-state index is -0.522. The molecule has 0 radical (unpaired) electrons. The molecule has 2 aromatic carbocycles. The first-order valence-corrected chi connectivity index (χ1v) is 9.27. The lowest BCUT2D eigenvalue weighted by molar-refractivity contribution is 0.00655. The van der Waals surface area contributed by atoms with Gasteiger partial charge in [-0.15, -0.1) is 0 Å². The smallest absolute Gasteiger partial charge is 0.161 e. The van der Waals surface area contributed by atoms with Gasteiger partial charge in [0.05, 0.1) is 28.4 Å². The summed E-state index contributed by atoms with van der Waals surface area (Å²) >= 11 is 0. The van der Waals surface area contributed by atoms with Crippen LogP contribution in [0, 0.1) is 5.92 Å². The molecule has 1 atom stereocenters. The first-order valence-electron chi connectivity index (χ1n) is 9.27. The minimum absolute atomic E-state index is 0.230. The van der Waals surface area contributed by atoms with E-state index in [2.05, 4.69) is 20.8 Å². The fraction of sp³-hybridized carbons (Fsp3) is 0.391. The van der Waals surface area contributed by atoms with Gasteiger partial charge in [0.15, 0.2) is 23.0 Å². The van der Waals surface area contributed by atoms with Gasteiger partial charge in [-0.1, -0.05) is 13.8 Å². The molecule has 5 heteroatoms. The Morgan fingerprint density at radius 1 is 0.786 bits per heavy atom. The molecule has 28 heavy (non-hydrogen) atoms. The summed E-state index contributed by atoms with van der Waals surface area (Å²) in [4.78, 5) is 0. The van der Waals surface area contributed by atoms with E-state index >= 15 is 0 Å². The SMILES string of the molecule is COc1ccc(C2=Cc3cc(OC)c(OC)cc3C(C)(C(C)C)O2)cc1OC. The molecule has 0 saturated heterocycles. The van der Waals surface area contributed by atoms with E-state index in [0.717, 1.165) is 22.4 Å². The van der Waals surface area contributed by atoms with E-state index in [1.54, 1.807) is 28.4 Å². The molecule has 2 aromatic rings. The largest absolute Gasteiger partial charge is 0.493 e. The third-order valence-corrected chi connectivity index (χ3v) is 5.47. The van der Waals surface area contributed by atoms with E-state index in [9.17, 15) is 0 Å². The van der Waals surface area contributed by atoms with E-state index in [1.165, 1.54) is 0 Å². The van der Waals surface area contributed by atoms with Gasteiger partial charge in [0.1, 0.15) is 11.4 Å². The lowest BCUT2D eigenvalue weighted by atomic mass is 9.80. The number of hydrogen-bond acceptors (Lipinski definition) is 5. The number of ether oxygens (including phenoxy) is 5. The van der Waals surface area contributed by atoms with Crippen molar-refractivity contribution in [2.75, 3.05) is 28.4 Å². The molecule has 0 aromatic heterocycles. The molecule has 150 valence electrons. The molecule has 1 unspecified atom stereocenters. The second-order valence-corrected chi connectivity index (χ2v) is 7.24. The van der Waals surface area contributed by atoms with Crippen LogP contribution < -0.4 is 18.9 Å². The summed E-state index contributed by atoms with van der Waals surface area (Å²) in [5.41, 5.74) is 2.52. The van der Waals surface area contributed by atoms with Crippen molar-refractivity contribution in [3.8, 4) is 23.0 Å². The van der Waals surface area contributed by atoms with Crippen LogP contribution in [0.15, 0.2) is 30.3 Å². The van der Waals surface area contributed by atoms with Crippen molar-refractivity contribution in [3.05, 3.63) is 47.0 Å². The molecular formula is C23H28O5. The van der Waals surface area contributed by atoms with Crippen LogP contribution in [0.5, 0.6) is 23.0 Å². The van der Waals surface area contributed by atoms with Crippen LogP contribution in [0.4, 0.5) is 0 Å². The molecule has 0 amide bonds. The maximum absolute atomic E-state index is 6.56. The maximum atomic E-state index is 6.56. The minimum Gasteiger partial charge on any atom is -0.493 e. The zero-order valence-electron chi connectivity index (χ0n) is 17.6. The van der Waals surface area contributed by atoms with Crippen molar-refractivity contribution >= 4 is 11.8 Å². The number of benzene rings is 2. The quantitative estimate of drug-likeness (QED) is 0.692. The Balaban J connectivity index is 2.19. The second-order valence-electron chi connectivity index (χ2n) is 7.24. The Labute approximate surface area is 166 Å². The summed E-state index contributed by atoms with van der Waals surface area (Å²) < 4.78 is 28.4. The van der Waals surface area contributed by atoms with Gasteiger partial charge in [-0.05, 0) is 54.8 Å². The predicted molar refractivity (Wildman–Crippen MR) is 110 cm³/mol. The summed E-state index contributed by atoms with van der Waals surface area (Å²) in [6.45, 7) is 6.41. The fourth-order valence-electron chi connectivity index (χ4n) is 3.46. The molecule has 0 fully saturated rings. The van der Waals surface area contributed by atoms with E-state index in [4.69, 9.17) is 23.7 Å². The first kappa shape index (κ1) is 19.9. The Hall–Kier alpha value is -2.82. The third kappa shape index (κ3) is 3.26. The number of methoxy groups -OCH3 is 4. The molecule has 0 N–H and O–H groups in total. The summed E-state index contributed by atoms with van der Waals surface area (Å²) in [7, 11) is 6.54. The number of fused-ring (bicyclic) bond motifs is 1. The van der Waals surface area contributed by atoms with Gasteiger partial charge < -0.3 is 23.7 Å². The highest BCUT2D eigenvalue weighted by atomic mass is 16.5. The van der Waals surface area contributed by atoms with Crippen molar-refractivity contribution in [3.63, 3.8) is 0 Å². The Morgan fingerprint density at radius 2 is 1.36 bits per heavy atom. The van der Waals surface area contributed by atoms with Crippen LogP contribution in [0.2, 0.25) is 0 Å². The molecule has 3 rings (SSSR count). The van der Waals surface area contributed by atoms with Crippen LogP contribution >= 0.6 is 0 Å². The van der Waals surface area contributed by atoms with E-state index in [0.29, 0.717) is 23.0 Å². The fourth-order valence-corrected chi connectivity index (χ4v) is 3.46. The lowest BCUT2D eigenvalue weighted by Gasteiger charge is -2.40. The van der Waals surface area contributed by atoms with E-state index in [-0.39, 0.29) is 5.92 Å². The van der Waals surface area contributed by atoms with Crippen LogP contribution in [0.3, 0.4) is 0 Å². The molecular weight excluding hydrogens is 356 g/mol. The first-order chi connectivity index (χ1) is 13.4. The lowest BCUT2D eigenvalue weighted by Crippen LogP contribution is -2.34. The van der Waals surface area contributed by atoms with Crippen LogP contribution in [-0.2, 0) is 10.3 Å². The van der Waals surface area contributed by atoms with Crippen molar-refractivity contribution in [2.24, 2.45) is 5.92 Å². The molecule has 1 heterocycles. The highest BCUT2D eigenvalue weighted by Crippen LogP contribution is 2.48. The van der Waals surface area contributed by atoms with Crippen LogP contribution in [-0.4, -0.2) is 28.4 Å². The maximum Gasteiger partial charge on any atom is 0.161 e. The van der Waals surface area contributed by atoms with E-state index < -0.39 is 5.60 Å². The zero-order valence-corrected chi connectivity index (χ0v) is 17.6. The number of rotatable bonds is 6. The summed E-state index contributed by atoms with van der Waals surface area (Å²) in [5.74, 6) is 3.73.